The summed E-state index contributed by atoms with van der Waals surface area (Å²) >= 11 is 0. The zero-order valence-corrected chi connectivity index (χ0v) is 36.1. The molecular formula is C39H70N10O10. The molecule has 12 N–H and O–H groups in total. The van der Waals surface area contributed by atoms with Crippen molar-refractivity contribution in [2.75, 3.05) is 19.6 Å². The molecule has 1 fully saturated rings. The fraction of sp³-hybridized carbons (Fsp3) is 0.769. The van der Waals surface area contributed by atoms with Gasteiger partial charge in [-0.15, -0.1) is 0 Å². The smallest absolute Gasteiger partial charge is 0.326 e. The first-order chi connectivity index (χ1) is 27.6. The lowest BCUT2D eigenvalue weighted by molar-refractivity contribution is -0.142. The van der Waals surface area contributed by atoms with Crippen molar-refractivity contribution in [3.63, 3.8) is 0 Å². The molecule has 1 aliphatic rings. The first kappa shape index (κ1) is 52.2. The van der Waals surface area contributed by atoms with E-state index in [-0.39, 0.29) is 49.0 Å². The highest BCUT2D eigenvalue weighted by Crippen LogP contribution is 2.10. The Morgan fingerprint density at radius 1 is 0.610 bits per heavy atom. The van der Waals surface area contributed by atoms with Gasteiger partial charge in [0.2, 0.25) is 47.3 Å². The summed E-state index contributed by atoms with van der Waals surface area (Å²) in [7, 11) is 0. The summed E-state index contributed by atoms with van der Waals surface area (Å²) in [5.41, 5.74) is 5.49. The fourth-order valence-electron chi connectivity index (χ4n) is 6.14. The van der Waals surface area contributed by atoms with E-state index in [1.165, 1.54) is 20.8 Å². The molecule has 0 aromatic carbocycles. The quantitative estimate of drug-likeness (QED) is 0.0434. The van der Waals surface area contributed by atoms with Gasteiger partial charge in [0, 0.05) is 0 Å². The van der Waals surface area contributed by atoms with E-state index < -0.39 is 96.2 Å². The lowest BCUT2D eigenvalue weighted by atomic mass is 10.0. The van der Waals surface area contributed by atoms with Gasteiger partial charge in [0.15, 0.2) is 0 Å². The van der Waals surface area contributed by atoms with Crippen LogP contribution >= 0.6 is 0 Å². The highest BCUT2D eigenvalue weighted by molar-refractivity contribution is 5.97. The molecule has 0 saturated carbocycles. The van der Waals surface area contributed by atoms with Crippen molar-refractivity contribution in [1.82, 2.24) is 47.9 Å². The first-order valence-corrected chi connectivity index (χ1v) is 20.6. The minimum Gasteiger partial charge on any atom is -0.480 e. The van der Waals surface area contributed by atoms with Crippen molar-refractivity contribution in [1.29, 1.82) is 0 Å². The molecule has 0 spiro atoms. The third-order valence-electron chi connectivity index (χ3n) is 9.56. The van der Waals surface area contributed by atoms with Crippen molar-refractivity contribution in [3.05, 3.63) is 0 Å². The average Bonchev–Trinajstić information content (AvgIpc) is 3.69. The molecule has 59 heavy (non-hydrogen) atoms. The van der Waals surface area contributed by atoms with E-state index in [0.717, 1.165) is 6.42 Å². The van der Waals surface area contributed by atoms with E-state index in [4.69, 9.17) is 5.73 Å². The Morgan fingerprint density at radius 3 is 1.61 bits per heavy atom. The van der Waals surface area contributed by atoms with Crippen LogP contribution in [0.3, 0.4) is 0 Å². The highest BCUT2D eigenvalue weighted by Gasteiger charge is 2.32. The molecule has 1 heterocycles. The number of unbranched alkanes of at least 4 members (excludes halogenated alkanes) is 1. The molecule has 0 aromatic heterocycles. The summed E-state index contributed by atoms with van der Waals surface area (Å²) in [6, 6.07) is -8.01. The molecule has 20 heteroatoms. The maximum atomic E-state index is 13.3. The van der Waals surface area contributed by atoms with Gasteiger partial charge in [0.25, 0.3) is 0 Å². The van der Waals surface area contributed by atoms with Crippen molar-refractivity contribution in [3.8, 4) is 0 Å². The van der Waals surface area contributed by atoms with Gasteiger partial charge in [0.1, 0.15) is 42.3 Å². The molecule has 1 rings (SSSR count). The van der Waals surface area contributed by atoms with E-state index in [0.29, 0.717) is 32.4 Å². The number of amides is 8. The van der Waals surface area contributed by atoms with Crippen LogP contribution in [0.4, 0.5) is 0 Å². The van der Waals surface area contributed by atoms with Crippen molar-refractivity contribution < 1.29 is 48.3 Å². The number of nitrogens with two attached hydrogens (primary N) is 1. The first-order valence-electron chi connectivity index (χ1n) is 20.6. The summed E-state index contributed by atoms with van der Waals surface area (Å²) in [4.78, 5) is 116. The van der Waals surface area contributed by atoms with E-state index in [1.807, 2.05) is 27.7 Å². The monoisotopic (exact) mass is 839 g/mol. The highest BCUT2D eigenvalue weighted by atomic mass is 16.4. The zero-order valence-electron chi connectivity index (χ0n) is 36.1. The number of rotatable bonds is 26. The average molecular weight is 839 g/mol. The third-order valence-corrected chi connectivity index (χ3v) is 9.56. The van der Waals surface area contributed by atoms with Crippen molar-refractivity contribution >= 4 is 53.2 Å². The minimum absolute atomic E-state index is 0.0540. The van der Waals surface area contributed by atoms with E-state index in [9.17, 15) is 48.3 Å². The second-order valence-corrected chi connectivity index (χ2v) is 16.4. The van der Waals surface area contributed by atoms with Crippen LogP contribution < -0.4 is 53.6 Å². The van der Waals surface area contributed by atoms with E-state index in [2.05, 4.69) is 47.9 Å². The Balaban J connectivity index is 2.78. The topological polar surface area (TPSA) is 308 Å². The van der Waals surface area contributed by atoms with Crippen LogP contribution in [0.15, 0.2) is 0 Å². The Bertz CT molecular complexity index is 1450. The van der Waals surface area contributed by atoms with Gasteiger partial charge in [-0.25, -0.2) is 4.79 Å². The lowest BCUT2D eigenvalue weighted by Gasteiger charge is -2.26. The molecule has 0 radical (unpaired) electrons. The van der Waals surface area contributed by atoms with Gasteiger partial charge in [-0.3, -0.25) is 38.4 Å². The maximum absolute atomic E-state index is 13.3. The fourth-order valence-corrected chi connectivity index (χ4v) is 6.14. The van der Waals surface area contributed by atoms with Crippen LogP contribution in [-0.4, -0.2) is 126 Å². The van der Waals surface area contributed by atoms with Gasteiger partial charge in [-0.1, -0.05) is 41.5 Å². The molecule has 8 amide bonds. The summed E-state index contributed by atoms with van der Waals surface area (Å²) in [5, 5.41) is 33.1. The maximum Gasteiger partial charge on any atom is 0.326 e. The van der Waals surface area contributed by atoms with Gasteiger partial charge in [-0.2, -0.15) is 0 Å². The van der Waals surface area contributed by atoms with Crippen LogP contribution in [0.5, 0.6) is 0 Å². The minimum atomic E-state index is -1.22. The van der Waals surface area contributed by atoms with E-state index in [1.54, 1.807) is 13.8 Å². The summed E-state index contributed by atoms with van der Waals surface area (Å²) in [5.74, 6) is -6.66. The third kappa shape index (κ3) is 19.6. The second-order valence-electron chi connectivity index (χ2n) is 16.4. The van der Waals surface area contributed by atoms with Crippen LogP contribution in [0.1, 0.15) is 107 Å². The van der Waals surface area contributed by atoms with Gasteiger partial charge in [0.05, 0.1) is 12.6 Å². The second kappa shape index (κ2) is 26.3. The molecule has 0 unspecified atom stereocenters. The Morgan fingerprint density at radius 2 is 1.10 bits per heavy atom. The van der Waals surface area contributed by atoms with Gasteiger partial charge >= 0.3 is 5.97 Å². The largest absolute Gasteiger partial charge is 0.480 e. The molecule has 8 atom stereocenters. The predicted octanol–water partition coefficient (Wildman–Crippen LogP) is -1.73. The SMILES string of the molecule is CC(C)C[C@H](NC(=O)CNC(=O)[C@H](C)NC(=O)[C@@H](NC(=O)[C@@H]1CCCN1)C(C)C)C(=O)N[C@@H](C)C(=O)N[C@@H](C)C(=O)N[C@@H](CC(C)C)C(=O)N[C@@H](CCCCN)C(=O)O. The predicted molar refractivity (Wildman–Crippen MR) is 219 cm³/mol. The lowest BCUT2D eigenvalue weighted by Crippen LogP contribution is -2.58. The zero-order chi connectivity index (χ0) is 45.0. The summed E-state index contributed by atoms with van der Waals surface area (Å²) in [6.45, 7) is 15.6. The van der Waals surface area contributed by atoms with Gasteiger partial charge in [-0.05, 0) is 96.6 Å². The van der Waals surface area contributed by atoms with Crippen LogP contribution in [0.25, 0.3) is 0 Å². The normalized spacial score (nSPS) is 17.3. The number of carboxylic acids is 1. The number of carbonyl (C=O) groups excluding carboxylic acids is 8. The molecule has 20 nitrogen and oxygen atoms in total. The molecule has 0 aromatic rings. The molecule has 0 bridgehead atoms. The molecule has 336 valence electrons. The number of nitrogens with one attached hydrogen (secondary N) is 9. The Labute approximate surface area is 347 Å². The van der Waals surface area contributed by atoms with Crippen LogP contribution in [0, 0.1) is 17.8 Å². The molecule has 1 aliphatic heterocycles. The number of hydrogen-bond donors (Lipinski definition) is 11. The number of carbonyl (C=O) groups is 9. The Hall–Kier alpha value is -4.85. The number of aliphatic carboxylic acids is 1. The summed E-state index contributed by atoms with van der Waals surface area (Å²) < 4.78 is 0. The van der Waals surface area contributed by atoms with Crippen molar-refractivity contribution in [2.45, 2.75) is 156 Å². The molecule has 1 saturated heterocycles. The molecular weight excluding hydrogens is 768 g/mol. The summed E-state index contributed by atoms with van der Waals surface area (Å²) in [6.07, 6.45) is 3.12. The standard InChI is InChI=1S/C39H70N10O10/c1-20(2)17-28(46-30(50)19-42-32(51)23(7)45-38(57)31(22(5)6)49-35(54)26-14-12-16-41-26)36(55)44-24(8)33(52)43-25(9)34(53)48-29(18-21(3)4)37(56)47-27(39(58)59)13-10-11-15-40/h20-29,31,41H,10-19,40H2,1-9H3,(H,42,51)(H,43,52)(H,44,55)(H,45,57)(H,46,50)(H,47,56)(H,48,53)(H,49,54)(H,58,59)/t23-,24-,25-,26-,27-,28-,29-,31-/m0/s1. The van der Waals surface area contributed by atoms with Crippen LogP contribution in [0.2, 0.25) is 0 Å². The van der Waals surface area contributed by atoms with Crippen molar-refractivity contribution in [2.24, 2.45) is 23.5 Å². The van der Waals surface area contributed by atoms with Crippen LogP contribution in [-0.2, 0) is 43.2 Å². The number of carboxylic acid groups (broad SMARTS) is 1. The van der Waals surface area contributed by atoms with E-state index >= 15 is 0 Å². The number of hydrogen-bond acceptors (Lipinski definition) is 11. The van der Waals surface area contributed by atoms with Gasteiger partial charge < -0.3 is 58.7 Å². The molecule has 0 aliphatic carbocycles. The Kier molecular flexibility index (Phi) is 23.2.